The number of alkyl halides is 7. The lowest BCUT2D eigenvalue weighted by atomic mass is 9.77. The van der Waals surface area contributed by atoms with Gasteiger partial charge < -0.3 is 4.74 Å². The van der Waals surface area contributed by atoms with Crippen LogP contribution in [0.1, 0.15) is 70.3 Å². The number of benzene rings is 1. The second-order valence-corrected chi connectivity index (χ2v) is 8.59. The first-order valence-electron chi connectivity index (χ1n) is 11.1. The van der Waals surface area contributed by atoms with Crippen molar-refractivity contribution in [3.05, 3.63) is 29.6 Å². The van der Waals surface area contributed by atoms with Crippen molar-refractivity contribution in [3.63, 3.8) is 0 Å². The van der Waals surface area contributed by atoms with Crippen LogP contribution in [0.2, 0.25) is 0 Å². The fraction of sp³-hybridized carbons (Fsp3) is 0.696. The fourth-order valence-corrected chi connectivity index (χ4v) is 4.04. The second-order valence-electron chi connectivity index (χ2n) is 8.59. The van der Waals surface area contributed by atoms with E-state index >= 15 is 0 Å². The Morgan fingerprint density at radius 1 is 0.939 bits per heavy atom. The molecule has 0 radical (unpaired) electrons. The summed E-state index contributed by atoms with van der Waals surface area (Å²) in [6.45, 7) is 2.10. The smallest absolute Gasteiger partial charge is 0.423 e. The Balaban J connectivity index is 1.90. The van der Waals surface area contributed by atoms with E-state index in [1.165, 1.54) is 12.1 Å². The first kappa shape index (κ1) is 27.4. The number of unbranched alkanes of at least 4 members (excludes halogenated alkanes) is 4. The molecule has 0 saturated heterocycles. The van der Waals surface area contributed by atoms with Gasteiger partial charge in [-0.15, -0.1) is 0 Å². The average Bonchev–Trinajstić information content (AvgIpc) is 2.74. The van der Waals surface area contributed by atoms with Crippen molar-refractivity contribution in [1.29, 1.82) is 0 Å². The molecule has 0 bridgehead atoms. The number of aryl methyl sites for hydroxylation is 1. The van der Waals surface area contributed by atoms with Crippen LogP contribution in [-0.4, -0.2) is 24.0 Å². The molecule has 0 spiro atoms. The van der Waals surface area contributed by atoms with Crippen LogP contribution >= 0.6 is 0 Å². The van der Waals surface area contributed by atoms with Crippen molar-refractivity contribution in [2.45, 2.75) is 89.2 Å². The van der Waals surface area contributed by atoms with Gasteiger partial charge in [0.05, 0.1) is 5.92 Å². The SMILES string of the molecule is CCCCCCCc1ccc(OC(=O)C2CCC(C(F)(F)C(F)(F)C(F)(F)F)CC2)c(F)c1. The Kier molecular flexibility index (Phi) is 9.16. The monoisotopic (exact) mass is 488 g/mol. The summed E-state index contributed by atoms with van der Waals surface area (Å²) in [5, 5.41) is 0. The van der Waals surface area contributed by atoms with E-state index in [4.69, 9.17) is 4.74 Å². The molecule has 0 aliphatic heterocycles. The molecule has 188 valence electrons. The minimum atomic E-state index is -6.38. The quantitative estimate of drug-likeness (QED) is 0.145. The van der Waals surface area contributed by atoms with Gasteiger partial charge in [-0.25, -0.2) is 4.39 Å². The predicted octanol–water partition coefficient (Wildman–Crippen LogP) is 7.88. The fourth-order valence-electron chi connectivity index (χ4n) is 4.04. The van der Waals surface area contributed by atoms with E-state index in [1.807, 2.05) is 0 Å². The van der Waals surface area contributed by atoms with E-state index in [-0.39, 0.29) is 18.6 Å². The van der Waals surface area contributed by atoms with E-state index < -0.39 is 54.5 Å². The van der Waals surface area contributed by atoms with E-state index in [0.29, 0.717) is 6.42 Å². The summed E-state index contributed by atoms with van der Waals surface area (Å²) in [5.74, 6) is -16.7. The zero-order valence-electron chi connectivity index (χ0n) is 18.3. The summed E-state index contributed by atoms with van der Waals surface area (Å²) in [5.41, 5.74) is 0.733. The van der Waals surface area contributed by atoms with Gasteiger partial charge in [0.15, 0.2) is 11.6 Å². The lowest BCUT2D eigenvalue weighted by Gasteiger charge is -2.37. The van der Waals surface area contributed by atoms with Crippen molar-refractivity contribution >= 4 is 5.97 Å². The molecule has 1 aromatic carbocycles. The van der Waals surface area contributed by atoms with Crippen LogP contribution in [-0.2, 0) is 11.2 Å². The summed E-state index contributed by atoms with van der Waals surface area (Å²) >= 11 is 0. The molecule has 0 unspecified atom stereocenters. The molecule has 2 nitrogen and oxygen atoms in total. The Hall–Kier alpha value is -1.87. The molecule has 1 aliphatic carbocycles. The van der Waals surface area contributed by atoms with Crippen LogP contribution in [0.25, 0.3) is 0 Å². The summed E-state index contributed by atoms with van der Waals surface area (Å²) in [4.78, 5) is 12.3. The third-order valence-electron chi connectivity index (χ3n) is 6.12. The van der Waals surface area contributed by atoms with Gasteiger partial charge in [-0.05, 0) is 56.2 Å². The number of rotatable bonds is 10. The van der Waals surface area contributed by atoms with Gasteiger partial charge in [0.1, 0.15) is 0 Å². The van der Waals surface area contributed by atoms with E-state index in [0.717, 1.165) is 37.7 Å². The molecule has 0 N–H and O–H groups in total. The highest BCUT2D eigenvalue weighted by Crippen LogP contribution is 2.53. The molecule has 0 atom stereocenters. The zero-order valence-corrected chi connectivity index (χ0v) is 18.3. The standard InChI is InChI=1S/C23H28F8O2/c1-2-3-4-5-6-7-15-8-13-19(18(24)14-15)33-20(32)16-9-11-17(12-10-16)21(25,26)22(27,28)23(29,30)31/h8,13-14,16-17H,2-7,9-12H2,1H3. The van der Waals surface area contributed by atoms with Crippen LogP contribution in [0.5, 0.6) is 5.75 Å². The molecule has 1 saturated carbocycles. The topological polar surface area (TPSA) is 26.3 Å². The minimum Gasteiger partial charge on any atom is -0.423 e. The number of ether oxygens (including phenoxy) is 1. The van der Waals surface area contributed by atoms with Crippen molar-refractivity contribution in [1.82, 2.24) is 0 Å². The van der Waals surface area contributed by atoms with Gasteiger partial charge >= 0.3 is 24.0 Å². The number of carbonyl (C=O) groups excluding carboxylic acids is 1. The van der Waals surface area contributed by atoms with Crippen LogP contribution in [0.3, 0.4) is 0 Å². The first-order chi connectivity index (χ1) is 15.3. The Morgan fingerprint density at radius 2 is 1.55 bits per heavy atom. The predicted molar refractivity (Wildman–Crippen MR) is 106 cm³/mol. The molecule has 1 aliphatic rings. The second kappa shape index (κ2) is 11.0. The van der Waals surface area contributed by atoms with Crippen LogP contribution < -0.4 is 4.74 Å². The number of hydrogen-bond acceptors (Lipinski definition) is 2. The Bertz CT molecular complexity index is 783. The highest BCUT2D eigenvalue weighted by atomic mass is 19.4. The maximum Gasteiger partial charge on any atom is 0.459 e. The van der Waals surface area contributed by atoms with Crippen LogP contribution in [0, 0.1) is 17.7 Å². The number of hydrogen-bond donors (Lipinski definition) is 0. The van der Waals surface area contributed by atoms with Crippen LogP contribution in [0.15, 0.2) is 18.2 Å². The summed E-state index contributed by atoms with van der Waals surface area (Å²) < 4.78 is 111. The molecule has 2 rings (SSSR count). The van der Waals surface area contributed by atoms with Gasteiger partial charge in [-0.3, -0.25) is 4.79 Å². The molecule has 0 amide bonds. The van der Waals surface area contributed by atoms with Crippen molar-refractivity contribution < 1.29 is 44.7 Å². The number of halogens is 8. The minimum absolute atomic E-state index is 0.342. The Morgan fingerprint density at radius 3 is 2.09 bits per heavy atom. The summed E-state index contributed by atoms with van der Waals surface area (Å²) in [6.07, 6.45) is -2.61. The van der Waals surface area contributed by atoms with Gasteiger partial charge in [0.2, 0.25) is 0 Å². The van der Waals surface area contributed by atoms with Gasteiger partial charge in [-0.2, -0.15) is 30.7 Å². The summed E-state index contributed by atoms with van der Waals surface area (Å²) in [7, 11) is 0. The van der Waals surface area contributed by atoms with Crippen molar-refractivity contribution in [2.75, 3.05) is 0 Å². The molecule has 10 heteroatoms. The van der Waals surface area contributed by atoms with Gasteiger partial charge in [0, 0.05) is 5.92 Å². The molecule has 33 heavy (non-hydrogen) atoms. The van der Waals surface area contributed by atoms with Gasteiger partial charge in [0.25, 0.3) is 0 Å². The molecular formula is C23H28F8O2. The maximum absolute atomic E-state index is 14.3. The lowest BCUT2D eigenvalue weighted by molar-refractivity contribution is -0.367. The number of esters is 1. The third-order valence-corrected chi connectivity index (χ3v) is 6.12. The maximum atomic E-state index is 14.3. The lowest BCUT2D eigenvalue weighted by Crippen LogP contribution is -2.56. The Labute approximate surface area is 187 Å². The third kappa shape index (κ3) is 6.59. The van der Waals surface area contributed by atoms with E-state index in [2.05, 4.69) is 6.92 Å². The highest BCUT2D eigenvalue weighted by molar-refractivity contribution is 5.75. The van der Waals surface area contributed by atoms with E-state index in [9.17, 15) is 39.9 Å². The van der Waals surface area contributed by atoms with Gasteiger partial charge in [-0.1, -0.05) is 38.7 Å². The molecule has 1 aromatic rings. The highest BCUT2D eigenvalue weighted by Gasteiger charge is 2.74. The first-order valence-corrected chi connectivity index (χ1v) is 11.1. The molecule has 0 heterocycles. The summed E-state index contributed by atoms with van der Waals surface area (Å²) in [6, 6.07) is 4.15. The van der Waals surface area contributed by atoms with Crippen LogP contribution in [0.4, 0.5) is 35.1 Å². The van der Waals surface area contributed by atoms with E-state index in [1.54, 1.807) is 6.07 Å². The largest absolute Gasteiger partial charge is 0.459 e. The normalized spacial score (nSPS) is 20.0. The zero-order chi connectivity index (χ0) is 24.9. The number of carbonyl (C=O) groups is 1. The molecule has 1 fully saturated rings. The molecule has 0 aromatic heterocycles. The molecular weight excluding hydrogens is 460 g/mol. The van der Waals surface area contributed by atoms with Crippen molar-refractivity contribution in [3.8, 4) is 5.75 Å². The average molecular weight is 488 g/mol. The van der Waals surface area contributed by atoms with Crippen molar-refractivity contribution in [2.24, 2.45) is 11.8 Å².